The highest BCUT2D eigenvalue weighted by Crippen LogP contribution is 2.60. The highest BCUT2D eigenvalue weighted by atomic mass is 15.5. The summed E-state index contributed by atoms with van der Waals surface area (Å²) < 4.78 is 0. The Morgan fingerprint density at radius 2 is 1.77 bits per heavy atom. The van der Waals surface area contributed by atoms with Gasteiger partial charge >= 0.3 is 0 Å². The molecular formula is C27H32N8. The van der Waals surface area contributed by atoms with Gasteiger partial charge in [-0.1, -0.05) is 29.4 Å². The number of H-pyrrole nitrogens is 2. The van der Waals surface area contributed by atoms with E-state index in [1.807, 2.05) is 0 Å². The van der Waals surface area contributed by atoms with Crippen LogP contribution in [0.2, 0.25) is 0 Å². The molecule has 0 spiro atoms. The number of aromatic amines is 2. The number of anilines is 2. The maximum Gasteiger partial charge on any atom is 0.263 e. The summed E-state index contributed by atoms with van der Waals surface area (Å²) in [5.41, 5.74) is 4.04. The van der Waals surface area contributed by atoms with E-state index in [4.69, 9.17) is 4.98 Å². The van der Waals surface area contributed by atoms with Crippen molar-refractivity contribution < 1.29 is 0 Å². The average molecular weight is 469 g/mol. The lowest BCUT2D eigenvalue weighted by Gasteiger charge is -2.56. The quantitative estimate of drug-likeness (QED) is 0.299. The molecule has 0 unspecified atom stereocenters. The molecular weight excluding hydrogens is 436 g/mol. The van der Waals surface area contributed by atoms with Gasteiger partial charge in [0, 0.05) is 40.8 Å². The van der Waals surface area contributed by atoms with Gasteiger partial charge < -0.3 is 15.6 Å². The number of fused-ring (bicyclic) bond motifs is 1. The van der Waals surface area contributed by atoms with Gasteiger partial charge in [0.05, 0.1) is 0 Å². The summed E-state index contributed by atoms with van der Waals surface area (Å²) in [4.78, 5) is 8.65. The van der Waals surface area contributed by atoms with Crippen molar-refractivity contribution in [2.45, 2.75) is 56.4 Å². The highest BCUT2D eigenvalue weighted by Gasteiger charge is 2.52. The van der Waals surface area contributed by atoms with Crippen LogP contribution in [-0.4, -0.2) is 43.2 Å². The zero-order valence-corrected chi connectivity index (χ0v) is 19.9. The van der Waals surface area contributed by atoms with Crippen LogP contribution in [0.1, 0.15) is 49.8 Å². The van der Waals surface area contributed by atoms with Gasteiger partial charge in [0.15, 0.2) is 0 Å². The molecule has 0 saturated heterocycles. The lowest BCUT2D eigenvalue weighted by atomic mass is 9.49. The first-order valence-electron chi connectivity index (χ1n) is 13.0. The number of benzene rings is 1. The van der Waals surface area contributed by atoms with E-state index in [0.29, 0.717) is 17.9 Å². The van der Waals surface area contributed by atoms with Crippen molar-refractivity contribution in [2.75, 3.05) is 17.2 Å². The number of para-hydroxylation sites is 1. The SMILES string of the molecule is c1cc(N[C@H](CNc2nn[nH]n2)Cc2c[nH]c3ccccc23)nc(C23CC4CC(CC(C4)C2)C3)c1. The summed E-state index contributed by atoms with van der Waals surface area (Å²) in [6, 6.07) is 15.1. The Bertz CT molecular complexity index is 1270. The second-order valence-electron chi connectivity index (χ2n) is 11.1. The van der Waals surface area contributed by atoms with E-state index in [1.54, 1.807) is 0 Å². The largest absolute Gasteiger partial charge is 0.365 e. The molecule has 8 nitrogen and oxygen atoms in total. The van der Waals surface area contributed by atoms with Crippen LogP contribution in [0.15, 0.2) is 48.7 Å². The van der Waals surface area contributed by atoms with Crippen LogP contribution in [0.4, 0.5) is 11.8 Å². The van der Waals surface area contributed by atoms with Crippen molar-refractivity contribution in [3.05, 3.63) is 59.9 Å². The van der Waals surface area contributed by atoms with Gasteiger partial charge in [0.1, 0.15) is 5.82 Å². The summed E-state index contributed by atoms with van der Waals surface area (Å²) in [6.45, 7) is 0.655. The maximum atomic E-state index is 5.24. The first-order valence-corrected chi connectivity index (χ1v) is 13.0. The molecule has 4 fully saturated rings. The molecule has 3 heterocycles. The third-order valence-corrected chi connectivity index (χ3v) is 8.68. The second-order valence-corrected chi connectivity index (χ2v) is 11.1. The molecule has 4 aliphatic carbocycles. The fraction of sp³-hybridized carbons (Fsp3) is 0.481. The molecule has 4 aromatic rings. The van der Waals surface area contributed by atoms with Crippen LogP contribution in [0.3, 0.4) is 0 Å². The Morgan fingerprint density at radius 3 is 2.54 bits per heavy atom. The number of aromatic nitrogens is 6. The fourth-order valence-electron chi connectivity index (χ4n) is 7.64. The smallest absolute Gasteiger partial charge is 0.263 e. The van der Waals surface area contributed by atoms with E-state index < -0.39 is 0 Å². The topological polar surface area (TPSA) is 107 Å². The Labute approximate surface area is 204 Å². The minimum Gasteiger partial charge on any atom is -0.365 e. The van der Waals surface area contributed by atoms with Crippen molar-refractivity contribution in [2.24, 2.45) is 17.8 Å². The van der Waals surface area contributed by atoms with Crippen LogP contribution in [0, 0.1) is 17.8 Å². The third kappa shape index (κ3) is 3.94. The number of pyridine rings is 1. The maximum absolute atomic E-state index is 5.24. The zero-order valence-electron chi connectivity index (χ0n) is 19.9. The Kier molecular flexibility index (Phi) is 4.99. The van der Waals surface area contributed by atoms with Gasteiger partial charge in [-0.3, -0.25) is 0 Å². The number of nitrogens with zero attached hydrogens (tertiary/aromatic N) is 4. The Morgan fingerprint density at radius 1 is 0.971 bits per heavy atom. The summed E-state index contributed by atoms with van der Waals surface area (Å²) in [7, 11) is 0. The molecule has 1 atom stereocenters. The summed E-state index contributed by atoms with van der Waals surface area (Å²) in [5, 5.41) is 22.6. The molecule has 35 heavy (non-hydrogen) atoms. The van der Waals surface area contributed by atoms with Gasteiger partial charge in [0.25, 0.3) is 5.95 Å². The first-order chi connectivity index (χ1) is 17.2. The lowest BCUT2D eigenvalue weighted by Crippen LogP contribution is -2.49. The van der Waals surface area contributed by atoms with Gasteiger partial charge in [-0.05, 0) is 91.7 Å². The van der Waals surface area contributed by atoms with E-state index in [-0.39, 0.29) is 6.04 Å². The van der Waals surface area contributed by atoms with Crippen LogP contribution in [0.25, 0.3) is 10.9 Å². The van der Waals surface area contributed by atoms with Gasteiger partial charge in [-0.15, -0.1) is 5.10 Å². The van der Waals surface area contributed by atoms with Gasteiger partial charge in [0.2, 0.25) is 0 Å². The Balaban J connectivity index is 1.15. The van der Waals surface area contributed by atoms with Crippen molar-refractivity contribution in [3.63, 3.8) is 0 Å². The lowest BCUT2D eigenvalue weighted by molar-refractivity contribution is -0.00714. The third-order valence-electron chi connectivity index (χ3n) is 8.68. The highest BCUT2D eigenvalue weighted by molar-refractivity contribution is 5.83. The molecule has 1 aromatic carbocycles. The van der Waals surface area contributed by atoms with Crippen LogP contribution < -0.4 is 10.6 Å². The van der Waals surface area contributed by atoms with Gasteiger partial charge in [-0.25, -0.2) is 4.98 Å². The predicted octanol–water partition coefficient (Wildman–Crippen LogP) is 4.68. The molecule has 3 aromatic heterocycles. The normalized spacial score (nSPS) is 27.8. The number of nitrogens with one attached hydrogen (secondary N) is 4. The van der Waals surface area contributed by atoms with E-state index in [9.17, 15) is 0 Å². The number of rotatable bonds is 8. The van der Waals surface area contributed by atoms with Crippen LogP contribution in [0.5, 0.6) is 0 Å². The minimum absolute atomic E-state index is 0.104. The molecule has 180 valence electrons. The van der Waals surface area contributed by atoms with Crippen LogP contribution in [-0.2, 0) is 11.8 Å². The molecule has 0 radical (unpaired) electrons. The van der Waals surface area contributed by atoms with E-state index >= 15 is 0 Å². The van der Waals surface area contributed by atoms with E-state index in [2.05, 4.69) is 84.9 Å². The summed E-state index contributed by atoms with van der Waals surface area (Å²) in [6.07, 6.45) is 11.3. The molecule has 4 saturated carbocycles. The first kappa shape index (κ1) is 20.9. The van der Waals surface area contributed by atoms with Crippen molar-refractivity contribution in [1.29, 1.82) is 0 Å². The molecule has 8 rings (SSSR count). The van der Waals surface area contributed by atoms with Crippen molar-refractivity contribution in [3.8, 4) is 0 Å². The molecule has 4 N–H and O–H groups in total. The fourth-order valence-corrected chi connectivity index (χ4v) is 7.64. The van der Waals surface area contributed by atoms with Crippen LogP contribution >= 0.6 is 0 Å². The zero-order chi connectivity index (χ0) is 23.2. The molecule has 0 amide bonds. The molecule has 8 heteroatoms. The van der Waals surface area contributed by atoms with Gasteiger partial charge in [-0.2, -0.15) is 5.21 Å². The van der Waals surface area contributed by atoms with Crippen molar-refractivity contribution in [1.82, 2.24) is 30.6 Å². The number of tetrazole rings is 1. The van der Waals surface area contributed by atoms with Crippen molar-refractivity contribution >= 4 is 22.7 Å². The summed E-state index contributed by atoms with van der Waals surface area (Å²) in [5.74, 6) is 4.19. The predicted molar refractivity (Wildman–Crippen MR) is 136 cm³/mol. The average Bonchev–Trinajstić information content (AvgIpc) is 3.52. The molecule has 4 bridgehead atoms. The Hall–Kier alpha value is -3.42. The standard InChI is InChI=1S/C27H32N8/c1-2-5-23-22(4-1)20(15-28-23)11-21(16-29-26-32-34-35-33-26)30-25-7-3-6-24(31-25)27-12-17-8-18(13-27)10-19(9-17)14-27/h1-7,15,17-19,21,28H,8-14,16H2,(H,30,31)(H2,29,32,33,34,35)/t17?,18?,19?,21-,27?/m0/s1. The number of hydrogen-bond acceptors (Lipinski definition) is 6. The minimum atomic E-state index is 0.104. The molecule has 4 aliphatic rings. The van der Waals surface area contributed by atoms with E-state index in [1.165, 1.54) is 55.2 Å². The second kappa shape index (κ2) is 8.36. The molecule has 0 aliphatic heterocycles. The monoisotopic (exact) mass is 468 g/mol. The number of hydrogen-bond donors (Lipinski definition) is 4. The summed E-state index contributed by atoms with van der Waals surface area (Å²) >= 11 is 0. The van der Waals surface area contributed by atoms with E-state index in [0.717, 1.165) is 35.5 Å².